The van der Waals surface area contributed by atoms with Crippen LogP contribution < -0.4 is 15.4 Å². The Balaban J connectivity index is 1.60. The molecule has 0 saturated heterocycles. The van der Waals surface area contributed by atoms with Gasteiger partial charge in [0.05, 0.1) is 7.11 Å². The number of hydrogen-bond acceptors (Lipinski definition) is 4. The quantitative estimate of drug-likeness (QED) is 0.561. The summed E-state index contributed by atoms with van der Waals surface area (Å²) in [5, 5.41) is 6.81. The number of anilines is 1. The molecule has 0 amide bonds. The Hall–Kier alpha value is -1.79. The molecule has 0 aliphatic heterocycles. The monoisotopic (exact) mass is 347 g/mol. The predicted molar refractivity (Wildman–Crippen MR) is 102 cm³/mol. The number of pyridine rings is 1. The van der Waals surface area contributed by atoms with Crippen LogP contribution in [0.5, 0.6) is 5.75 Å². The Morgan fingerprint density at radius 3 is 2.83 bits per heavy atom. The second-order valence-electron chi connectivity index (χ2n) is 4.83. The molecule has 0 radical (unpaired) electrons. The van der Waals surface area contributed by atoms with E-state index in [1.54, 1.807) is 13.3 Å². The Kier molecular flexibility index (Phi) is 7.69. The highest BCUT2D eigenvalue weighted by Crippen LogP contribution is 2.19. The van der Waals surface area contributed by atoms with Crippen LogP contribution in [0.2, 0.25) is 0 Å². The zero-order valence-corrected chi connectivity index (χ0v) is 14.8. The van der Waals surface area contributed by atoms with Crippen LogP contribution in [0.4, 0.5) is 5.82 Å². The minimum atomic E-state index is 0.565. The van der Waals surface area contributed by atoms with Gasteiger partial charge in [0.15, 0.2) is 16.7 Å². The van der Waals surface area contributed by atoms with Crippen molar-refractivity contribution < 1.29 is 4.74 Å². The maximum absolute atomic E-state index is 5.27. The first-order valence-electron chi connectivity index (χ1n) is 7.45. The van der Waals surface area contributed by atoms with Crippen molar-refractivity contribution >= 4 is 34.9 Å². The number of ether oxygens (including phenoxy) is 1. The van der Waals surface area contributed by atoms with Gasteiger partial charge in [-0.1, -0.05) is 30.3 Å². The van der Waals surface area contributed by atoms with Gasteiger partial charge in [-0.05, 0) is 42.1 Å². The number of thioether (sulfide) groups is 1. The third-order valence-corrected chi connectivity index (χ3v) is 4.45. The average Bonchev–Trinajstić information content (AvgIpc) is 2.59. The minimum absolute atomic E-state index is 0.565. The fourth-order valence-electron chi connectivity index (χ4n) is 1.94. The maximum Gasteiger partial charge on any atom is 0.174 e. The minimum Gasteiger partial charge on any atom is -0.493 e. The summed E-state index contributed by atoms with van der Waals surface area (Å²) >= 11 is 7.21. The van der Waals surface area contributed by atoms with Gasteiger partial charge in [0.1, 0.15) is 0 Å². The lowest BCUT2D eigenvalue weighted by atomic mass is 10.2. The van der Waals surface area contributed by atoms with Gasteiger partial charge in [-0.25, -0.2) is 4.98 Å². The van der Waals surface area contributed by atoms with Crippen LogP contribution in [0.25, 0.3) is 0 Å². The molecule has 2 aromatic rings. The van der Waals surface area contributed by atoms with Gasteiger partial charge in [-0.15, -0.1) is 0 Å². The first-order valence-corrected chi connectivity index (χ1v) is 9.01. The Morgan fingerprint density at radius 1 is 1.22 bits per heavy atom. The van der Waals surface area contributed by atoms with E-state index in [0.29, 0.717) is 16.7 Å². The number of benzene rings is 1. The molecule has 0 aliphatic rings. The predicted octanol–water partition coefficient (Wildman–Crippen LogP) is 3.70. The normalized spacial score (nSPS) is 10.1. The topological polar surface area (TPSA) is 46.2 Å². The van der Waals surface area contributed by atoms with Crippen LogP contribution in [-0.4, -0.2) is 29.5 Å². The van der Waals surface area contributed by atoms with E-state index >= 15 is 0 Å². The SMILES string of the molecule is COc1cccnc1NC(=S)NCCCSCc1ccccc1. The molecule has 23 heavy (non-hydrogen) atoms. The Morgan fingerprint density at radius 2 is 2.04 bits per heavy atom. The van der Waals surface area contributed by atoms with Gasteiger partial charge >= 0.3 is 0 Å². The summed E-state index contributed by atoms with van der Waals surface area (Å²) in [6.45, 7) is 0.836. The molecule has 0 bridgehead atoms. The van der Waals surface area contributed by atoms with Crippen LogP contribution >= 0.6 is 24.0 Å². The lowest BCUT2D eigenvalue weighted by molar-refractivity contribution is 0.415. The highest BCUT2D eigenvalue weighted by Gasteiger charge is 2.04. The summed E-state index contributed by atoms with van der Waals surface area (Å²) in [4.78, 5) is 4.21. The van der Waals surface area contributed by atoms with Gasteiger partial charge in [0.25, 0.3) is 0 Å². The molecule has 1 heterocycles. The van der Waals surface area contributed by atoms with Gasteiger partial charge in [-0.2, -0.15) is 11.8 Å². The second-order valence-corrected chi connectivity index (χ2v) is 6.34. The molecule has 0 atom stereocenters. The molecular formula is C17H21N3OS2. The lowest BCUT2D eigenvalue weighted by Gasteiger charge is -2.12. The molecule has 2 rings (SSSR count). The number of aromatic nitrogens is 1. The zero-order chi connectivity index (χ0) is 16.3. The summed E-state index contributed by atoms with van der Waals surface area (Å²) in [5.74, 6) is 3.45. The molecule has 6 heteroatoms. The fraction of sp³-hybridized carbons (Fsp3) is 0.294. The van der Waals surface area contributed by atoms with E-state index < -0.39 is 0 Å². The van der Waals surface area contributed by atoms with E-state index in [1.165, 1.54) is 5.56 Å². The molecule has 0 aliphatic carbocycles. The number of nitrogens with zero attached hydrogens (tertiary/aromatic N) is 1. The Labute approximate surface area is 147 Å². The van der Waals surface area contributed by atoms with E-state index in [1.807, 2.05) is 30.0 Å². The summed E-state index contributed by atoms with van der Waals surface area (Å²) in [5.41, 5.74) is 1.37. The van der Waals surface area contributed by atoms with Gasteiger partial charge in [0.2, 0.25) is 0 Å². The smallest absolute Gasteiger partial charge is 0.174 e. The fourth-order valence-corrected chi connectivity index (χ4v) is 3.06. The highest BCUT2D eigenvalue weighted by molar-refractivity contribution is 7.98. The molecule has 2 N–H and O–H groups in total. The molecule has 0 unspecified atom stereocenters. The van der Waals surface area contributed by atoms with Crippen molar-refractivity contribution in [3.8, 4) is 5.75 Å². The van der Waals surface area contributed by atoms with Crippen molar-refractivity contribution in [3.63, 3.8) is 0 Å². The van der Waals surface area contributed by atoms with Gasteiger partial charge < -0.3 is 15.4 Å². The lowest BCUT2D eigenvalue weighted by Crippen LogP contribution is -2.30. The largest absolute Gasteiger partial charge is 0.493 e. The summed E-state index contributed by atoms with van der Waals surface area (Å²) < 4.78 is 5.23. The highest BCUT2D eigenvalue weighted by atomic mass is 32.2. The van der Waals surface area contributed by atoms with Crippen LogP contribution in [-0.2, 0) is 5.75 Å². The third-order valence-electron chi connectivity index (χ3n) is 3.09. The molecule has 1 aromatic carbocycles. The molecule has 0 spiro atoms. The van der Waals surface area contributed by atoms with Gasteiger partial charge in [-0.3, -0.25) is 0 Å². The van der Waals surface area contributed by atoms with Crippen molar-refractivity contribution in [2.45, 2.75) is 12.2 Å². The maximum atomic E-state index is 5.27. The van der Waals surface area contributed by atoms with Crippen molar-refractivity contribution in [2.24, 2.45) is 0 Å². The van der Waals surface area contributed by atoms with Crippen LogP contribution in [0.3, 0.4) is 0 Å². The van der Waals surface area contributed by atoms with E-state index in [4.69, 9.17) is 17.0 Å². The standard InChI is InChI=1S/C17H21N3OS2/c1-21-15-9-5-10-18-16(15)20-17(22)19-11-6-12-23-13-14-7-3-2-4-8-14/h2-5,7-10H,6,11-13H2,1H3,(H2,18,19,20,22). The third kappa shape index (κ3) is 6.46. The van der Waals surface area contributed by atoms with E-state index in [2.05, 4.69) is 39.9 Å². The number of rotatable bonds is 8. The summed E-state index contributed by atoms with van der Waals surface area (Å²) in [7, 11) is 1.61. The number of nitrogens with one attached hydrogen (secondary N) is 2. The van der Waals surface area contributed by atoms with Gasteiger partial charge in [0, 0.05) is 18.5 Å². The molecule has 1 aromatic heterocycles. The first kappa shape index (κ1) is 17.6. The molecule has 122 valence electrons. The van der Waals surface area contributed by atoms with Crippen molar-refractivity contribution in [1.29, 1.82) is 0 Å². The van der Waals surface area contributed by atoms with E-state index in [0.717, 1.165) is 24.5 Å². The van der Waals surface area contributed by atoms with Crippen molar-refractivity contribution in [3.05, 3.63) is 54.2 Å². The number of hydrogen-bond donors (Lipinski definition) is 2. The first-order chi connectivity index (χ1) is 11.3. The van der Waals surface area contributed by atoms with Crippen LogP contribution in [0.1, 0.15) is 12.0 Å². The van der Waals surface area contributed by atoms with Crippen LogP contribution in [0.15, 0.2) is 48.7 Å². The second kappa shape index (κ2) is 10.1. The Bertz CT molecular complexity index is 608. The van der Waals surface area contributed by atoms with E-state index in [9.17, 15) is 0 Å². The zero-order valence-electron chi connectivity index (χ0n) is 13.1. The average molecular weight is 348 g/mol. The molecule has 0 fully saturated rings. The number of thiocarbonyl (C=S) groups is 1. The van der Waals surface area contributed by atoms with Crippen molar-refractivity contribution in [1.82, 2.24) is 10.3 Å². The molecular weight excluding hydrogens is 326 g/mol. The molecule has 4 nitrogen and oxygen atoms in total. The van der Waals surface area contributed by atoms with Crippen LogP contribution in [0, 0.1) is 0 Å². The van der Waals surface area contributed by atoms with Crippen molar-refractivity contribution in [2.75, 3.05) is 24.7 Å². The molecule has 0 saturated carbocycles. The number of methoxy groups -OCH3 is 1. The summed E-state index contributed by atoms with van der Waals surface area (Å²) in [6, 6.07) is 14.2. The van der Waals surface area contributed by atoms with E-state index in [-0.39, 0.29) is 0 Å². The summed E-state index contributed by atoms with van der Waals surface area (Å²) in [6.07, 6.45) is 2.76.